The molecule has 2 aromatic rings. The van der Waals surface area contributed by atoms with Crippen molar-refractivity contribution in [3.63, 3.8) is 0 Å². The van der Waals surface area contributed by atoms with Crippen LogP contribution >= 0.6 is 0 Å². The van der Waals surface area contributed by atoms with Gasteiger partial charge in [-0.25, -0.2) is 0 Å². The van der Waals surface area contributed by atoms with Gasteiger partial charge in [-0.05, 0) is 36.2 Å². The molecular weight excluding hydrogens is 250 g/mol. The summed E-state index contributed by atoms with van der Waals surface area (Å²) in [6, 6.07) is 8.52. The number of para-hydroxylation sites is 2. The molecule has 5 heteroatoms. The van der Waals surface area contributed by atoms with Gasteiger partial charge in [0.2, 0.25) is 0 Å². The van der Waals surface area contributed by atoms with Crippen molar-refractivity contribution in [2.45, 2.75) is 20.1 Å². The molecule has 0 fully saturated rings. The number of pyridine rings is 1. The van der Waals surface area contributed by atoms with Gasteiger partial charge < -0.3 is 10.1 Å². The second-order valence-corrected chi connectivity index (χ2v) is 4.03. The first-order valence-corrected chi connectivity index (χ1v) is 5.84. The molecule has 0 aliphatic carbocycles. The zero-order chi connectivity index (χ0) is 13.7. The van der Waals surface area contributed by atoms with Gasteiger partial charge in [-0.15, -0.1) is 0 Å². The standard InChI is InChI=1S/C14H14F2N2O/c1-10-6-7-17-8-11(10)9-18-12-4-2-3-5-13(12)19-14(15)16/h2-8,14,18H,9H2,1H3. The van der Waals surface area contributed by atoms with Gasteiger partial charge in [-0.3, -0.25) is 4.98 Å². The number of aromatic nitrogens is 1. The minimum atomic E-state index is -2.83. The average molecular weight is 264 g/mol. The number of halogens is 2. The van der Waals surface area contributed by atoms with E-state index < -0.39 is 6.61 Å². The number of aryl methyl sites for hydroxylation is 1. The van der Waals surface area contributed by atoms with Gasteiger partial charge in [0.1, 0.15) is 5.75 Å². The molecule has 0 bridgehead atoms. The molecule has 0 saturated heterocycles. The third kappa shape index (κ3) is 3.64. The highest BCUT2D eigenvalue weighted by atomic mass is 19.3. The van der Waals surface area contributed by atoms with E-state index in [-0.39, 0.29) is 5.75 Å². The molecular formula is C14H14F2N2O. The monoisotopic (exact) mass is 264 g/mol. The number of hydrogen-bond acceptors (Lipinski definition) is 3. The van der Waals surface area contributed by atoms with Crippen LogP contribution in [0.2, 0.25) is 0 Å². The number of anilines is 1. The number of ether oxygens (including phenoxy) is 1. The molecule has 3 nitrogen and oxygen atoms in total. The molecule has 1 aromatic carbocycles. The van der Waals surface area contributed by atoms with E-state index in [1.807, 2.05) is 13.0 Å². The van der Waals surface area contributed by atoms with E-state index in [1.54, 1.807) is 30.6 Å². The van der Waals surface area contributed by atoms with Gasteiger partial charge in [-0.1, -0.05) is 12.1 Å². The molecule has 0 amide bonds. The van der Waals surface area contributed by atoms with Crippen LogP contribution in [0, 0.1) is 6.92 Å². The van der Waals surface area contributed by atoms with E-state index in [4.69, 9.17) is 0 Å². The summed E-state index contributed by atoms with van der Waals surface area (Å²) in [5, 5.41) is 3.08. The third-order valence-corrected chi connectivity index (χ3v) is 2.72. The Balaban J connectivity index is 2.09. The number of hydrogen-bond donors (Lipinski definition) is 1. The highest BCUT2D eigenvalue weighted by molar-refractivity contribution is 5.56. The van der Waals surface area contributed by atoms with E-state index in [0.29, 0.717) is 12.2 Å². The predicted octanol–water partition coefficient (Wildman–Crippen LogP) is 3.60. The smallest absolute Gasteiger partial charge is 0.387 e. The quantitative estimate of drug-likeness (QED) is 0.895. The lowest BCUT2D eigenvalue weighted by Gasteiger charge is -2.13. The maximum Gasteiger partial charge on any atom is 0.387 e. The number of alkyl halides is 2. The lowest BCUT2D eigenvalue weighted by atomic mass is 10.1. The fourth-order valence-corrected chi connectivity index (χ4v) is 1.68. The molecule has 0 aliphatic heterocycles. The molecule has 2 rings (SSSR count). The van der Waals surface area contributed by atoms with Crippen LogP contribution in [0.1, 0.15) is 11.1 Å². The molecule has 0 atom stereocenters. The average Bonchev–Trinajstić information content (AvgIpc) is 2.39. The predicted molar refractivity (Wildman–Crippen MR) is 69.4 cm³/mol. The molecule has 19 heavy (non-hydrogen) atoms. The Morgan fingerprint density at radius 2 is 2.05 bits per heavy atom. The molecule has 100 valence electrons. The maximum atomic E-state index is 12.3. The highest BCUT2D eigenvalue weighted by Gasteiger charge is 2.09. The Hall–Kier alpha value is -2.17. The van der Waals surface area contributed by atoms with E-state index >= 15 is 0 Å². The van der Waals surface area contributed by atoms with E-state index in [9.17, 15) is 8.78 Å². The lowest BCUT2D eigenvalue weighted by Crippen LogP contribution is -2.07. The largest absolute Gasteiger partial charge is 0.433 e. The van der Waals surface area contributed by atoms with Crippen molar-refractivity contribution in [1.29, 1.82) is 0 Å². The first-order valence-electron chi connectivity index (χ1n) is 5.84. The molecule has 0 saturated carbocycles. The Kier molecular flexibility index (Phi) is 4.28. The van der Waals surface area contributed by atoms with E-state index in [1.165, 1.54) is 6.07 Å². The molecule has 1 heterocycles. The molecule has 1 N–H and O–H groups in total. The van der Waals surface area contributed by atoms with Crippen LogP contribution in [0.25, 0.3) is 0 Å². The van der Waals surface area contributed by atoms with Crippen LogP contribution in [0.15, 0.2) is 42.7 Å². The van der Waals surface area contributed by atoms with Gasteiger partial charge >= 0.3 is 6.61 Å². The fourth-order valence-electron chi connectivity index (χ4n) is 1.68. The Morgan fingerprint density at radius 3 is 2.79 bits per heavy atom. The van der Waals surface area contributed by atoms with Gasteiger partial charge in [-0.2, -0.15) is 8.78 Å². The Morgan fingerprint density at radius 1 is 1.26 bits per heavy atom. The molecule has 0 spiro atoms. The summed E-state index contributed by atoms with van der Waals surface area (Å²) in [5.74, 6) is 0.138. The van der Waals surface area contributed by atoms with Crippen molar-refractivity contribution in [2.75, 3.05) is 5.32 Å². The first kappa shape index (κ1) is 13.3. The van der Waals surface area contributed by atoms with Gasteiger partial charge in [0.15, 0.2) is 0 Å². The normalized spacial score (nSPS) is 10.5. The van der Waals surface area contributed by atoms with E-state index in [0.717, 1.165) is 11.1 Å². The first-order chi connectivity index (χ1) is 9.16. The second kappa shape index (κ2) is 6.13. The number of rotatable bonds is 5. The maximum absolute atomic E-state index is 12.3. The van der Waals surface area contributed by atoms with Crippen molar-refractivity contribution in [3.05, 3.63) is 53.9 Å². The minimum absolute atomic E-state index is 0.138. The van der Waals surface area contributed by atoms with Crippen LogP contribution in [0.3, 0.4) is 0 Å². The zero-order valence-electron chi connectivity index (χ0n) is 10.4. The van der Waals surface area contributed by atoms with E-state index in [2.05, 4.69) is 15.0 Å². The summed E-state index contributed by atoms with van der Waals surface area (Å²) in [6.07, 6.45) is 3.46. The number of benzene rings is 1. The summed E-state index contributed by atoms with van der Waals surface area (Å²) in [5.41, 5.74) is 2.63. The fraction of sp³-hybridized carbons (Fsp3) is 0.214. The van der Waals surface area contributed by atoms with Crippen molar-refractivity contribution >= 4 is 5.69 Å². The summed E-state index contributed by atoms with van der Waals surface area (Å²) >= 11 is 0. The van der Waals surface area contributed by atoms with Crippen molar-refractivity contribution < 1.29 is 13.5 Å². The molecule has 0 radical (unpaired) electrons. The Bertz CT molecular complexity index is 546. The van der Waals surface area contributed by atoms with Gasteiger partial charge in [0.05, 0.1) is 5.69 Å². The number of nitrogens with one attached hydrogen (secondary N) is 1. The van der Waals surface area contributed by atoms with Gasteiger partial charge in [0.25, 0.3) is 0 Å². The summed E-state index contributed by atoms with van der Waals surface area (Å²) in [7, 11) is 0. The molecule has 0 unspecified atom stereocenters. The van der Waals surface area contributed by atoms with Gasteiger partial charge in [0, 0.05) is 18.9 Å². The lowest BCUT2D eigenvalue weighted by molar-refractivity contribution is -0.0493. The minimum Gasteiger partial charge on any atom is -0.433 e. The summed E-state index contributed by atoms with van der Waals surface area (Å²) in [6.45, 7) is -0.355. The Labute approximate surface area is 110 Å². The van der Waals surface area contributed by atoms with Crippen molar-refractivity contribution in [3.8, 4) is 5.75 Å². The highest BCUT2D eigenvalue weighted by Crippen LogP contribution is 2.26. The summed E-state index contributed by atoms with van der Waals surface area (Å²) in [4.78, 5) is 4.04. The summed E-state index contributed by atoms with van der Waals surface area (Å²) < 4.78 is 29.0. The topological polar surface area (TPSA) is 34.2 Å². The van der Waals surface area contributed by atoms with Crippen LogP contribution < -0.4 is 10.1 Å². The van der Waals surface area contributed by atoms with Crippen molar-refractivity contribution in [1.82, 2.24) is 4.98 Å². The van der Waals surface area contributed by atoms with Crippen LogP contribution in [0.5, 0.6) is 5.75 Å². The number of nitrogens with zero attached hydrogens (tertiary/aromatic N) is 1. The van der Waals surface area contributed by atoms with Crippen LogP contribution in [-0.4, -0.2) is 11.6 Å². The second-order valence-electron chi connectivity index (χ2n) is 4.03. The third-order valence-electron chi connectivity index (χ3n) is 2.72. The zero-order valence-corrected chi connectivity index (χ0v) is 10.4. The molecule has 1 aromatic heterocycles. The van der Waals surface area contributed by atoms with Crippen LogP contribution in [-0.2, 0) is 6.54 Å². The molecule has 0 aliphatic rings. The van der Waals surface area contributed by atoms with Crippen molar-refractivity contribution in [2.24, 2.45) is 0 Å². The SMILES string of the molecule is Cc1ccncc1CNc1ccccc1OC(F)F. The van der Waals surface area contributed by atoms with Crippen LogP contribution in [0.4, 0.5) is 14.5 Å².